The van der Waals surface area contributed by atoms with Crippen molar-refractivity contribution in [2.45, 2.75) is 6.18 Å². The zero-order valence-corrected chi connectivity index (χ0v) is 7.58. The zero-order chi connectivity index (χ0) is 10.3. The minimum absolute atomic E-state index is 0.0712. The van der Waals surface area contributed by atoms with Gasteiger partial charge in [-0.25, -0.2) is 0 Å². The molecule has 0 amide bonds. The number of hydrogen-bond donors (Lipinski definition) is 1. The number of rotatable bonds is 0. The molecule has 0 saturated carbocycles. The molecule has 5 heteroatoms. The molecule has 0 radical (unpaired) electrons. The van der Waals surface area contributed by atoms with E-state index in [0.29, 0.717) is 5.39 Å². The molecule has 1 aromatic carbocycles. The van der Waals surface area contributed by atoms with E-state index in [-0.39, 0.29) is 10.5 Å². The molecule has 0 aliphatic carbocycles. The lowest BCUT2D eigenvalue weighted by Crippen LogP contribution is -2.05. The maximum Gasteiger partial charge on any atom is 0.418 e. The van der Waals surface area contributed by atoms with Gasteiger partial charge in [0, 0.05) is 16.6 Å². The minimum Gasteiger partial charge on any atom is -0.361 e. The summed E-state index contributed by atoms with van der Waals surface area (Å²) in [5.41, 5.74) is -0.660. The number of alkyl halides is 3. The number of halogens is 4. The van der Waals surface area contributed by atoms with Gasteiger partial charge < -0.3 is 4.98 Å². The van der Waals surface area contributed by atoms with Gasteiger partial charge in [0.25, 0.3) is 0 Å². The summed E-state index contributed by atoms with van der Waals surface area (Å²) >= 11 is 5.57. The van der Waals surface area contributed by atoms with Crippen molar-refractivity contribution in [2.24, 2.45) is 0 Å². The van der Waals surface area contributed by atoms with Crippen molar-refractivity contribution in [1.29, 1.82) is 0 Å². The Balaban J connectivity index is 2.80. The van der Waals surface area contributed by atoms with Crippen LogP contribution < -0.4 is 0 Å². The van der Waals surface area contributed by atoms with E-state index in [1.165, 1.54) is 12.3 Å². The molecule has 1 aromatic heterocycles. The summed E-state index contributed by atoms with van der Waals surface area (Å²) in [6.45, 7) is 0. The van der Waals surface area contributed by atoms with Gasteiger partial charge in [-0.3, -0.25) is 0 Å². The number of nitrogens with one attached hydrogen (secondary N) is 1. The lowest BCUT2D eigenvalue weighted by molar-refractivity contribution is -0.136. The molecule has 0 atom stereocenters. The zero-order valence-electron chi connectivity index (χ0n) is 6.82. The molecular formula is C9H5ClF3N. The van der Waals surface area contributed by atoms with Crippen molar-refractivity contribution in [3.8, 4) is 0 Å². The van der Waals surface area contributed by atoms with Crippen molar-refractivity contribution in [1.82, 2.24) is 4.98 Å². The first-order valence-electron chi connectivity index (χ1n) is 3.82. The summed E-state index contributed by atoms with van der Waals surface area (Å²) in [4.78, 5) is 2.54. The Morgan fingerprint density at radius 2 is 1.93 bits per heavy atom. The van der Waals surface area contributed by atoms with E-state index in [4.69, 9.17) is 11.6 Å². The molecule has 74 valence electrons. The number of H-pyrrole nitrogens is 1. The molecule has 0 bridgehead atoms. The van der Waals surface area contributed by atoms with Gasteiger partial charge in [0.15, 0.2) is 0 Å². The third-order valence-electron chi connectivity index (χ3n) is 1.93. The van der Waals surface area contributed by atoms with Gasteiger partial charge >= 0.3 is 6.18 Å². The smallest absolute Gasteiger partial charge is 0.361 e. The van der Waals surface area contributed by atoms with Crippen LogP contribution in [-0.4, -0.2) is 4.98 Å². The topological polar surface area (TPSA) is 15.8 Å². The van der Waals surface area contributed by atoms with E-state index in [1.54, 1.807) is 6.07 Å². The number of aromatic nitrogens is 1. The van der Waals surface area contributed by atoms with Crippen molar-refractivity contribution >= 4 is 22.5 Å². The van der Waals surface area contributed by atoms with Gasteiger partial charge in [0.05, 0.1) is 11.1 Å². The summed E-state index contributed by atoms with van der Waals surface area (Å²) in [5, 5.41) is 0.550. The fraction of sp³-hybridized carbons (Fsp3) is 0.111. The van der Waals surface area contributed by atoms with Crippen LogP contribution in [0.3, 0.4) is 0 Å². The summed E-state index contributed by atoms with van der Waals surface area (Å²) in [5.74, 6) is 0. The van der Waals surface area contributed by atoms with E-state index >= 15 is 0 Å². The lowest BCUT2D eigenvalue weighted by atomic mass is 10.1. The Bertz CT molecular complexity index is 472. The summed E-state index contributed by atoms with van der Waals surface area (Å²) in [7, 11) is 0. The van der Waals surface area contributed by atoms with Crippen molar-refractivity contribution in [3.05, 3.63) is 35.0 Å². The monoisotopic (exact) mass is 219 g/mol. The summed E-state index contributed by atoms with van der Waals surface area (Å²) < 4.78 is 37.5. The molecule has 1 nitrogen and oxygen atoms in total. The summed E-state index contributed by atoms with van der Waals surface area (Å²) in [6.07, 6.45) is -2.93. The maximum atomic E-state index is 12.5. The average Bonchev–Trinajstić information content (AvgIpc) is 2.47. The van der Waals surface area contributed by atoms with Gasteiger partial charge in [0.2, 0.25) is 0 Å². The van der Waals surface area contributed by atoms with Crippen LogP contribution in [0.2, 0.25) is 5.02 Å². The van der Waals surface area contributed by atoms with Gasteiger partial charge in [-0.2, -0.15) is 13.2 Å². The van der Waals surface area contributed by atoms with E-state index in [9.17, 15) is 13.2 Å². The molecule has 0 saturated heterocycles. The van der Waals surface area contributed by atoms with Crippen molar-refractivity contribution in [3.63, 3.8) is 0 Å². The normalized spacial score (nSPS) is 12.3. The summed E-state index contributed by atoms with van der Waals surface area (Å²) in [6, 6.07) is 3.96. The van der Waals surface area contributed by atoms with Crippen LogP contribution in [0.1, 0.15) is 5.56 Å². The van der Waals surface area contributed by atoms with Crippen molar-refractivity contribution in [2.75, 3.05) is 0 Å². The van der Waals surface area contributed by atoms with Gasteiger partial charge in [-0.15, -0.1) is 0 Å². The predicted molar refractivity (Wildman–Crippen MR) is 48.3 cm³/mol. The highest BCUT2D eigenvalue weighted by Gasteiger charge is 2.33. The van der Waals surface area contributed by atoms with Crippen LogP contribution in [0.5, 0.6) is 0 Å². The fourth-order valence-electron chi connectivity index (χ4n) is 1.36. The Morgan fingerprint density at radius 3 is 2.57 bits per heavy atom. The number of hydrogen-bond acceptors (Lipinski definition) is 0. The van der Waals surface area contributed by atoms with E-state index in [2.05, 4.69) is 4.98 Å². The maximum absolute atomic E-state index is 12.5. The van der Waals surface area contributed by atoms with Crippen LogP contribution >= 0.6 is 11.6 Å². The minimum atomic E-state index is -4.38. The largest absolute Gasteiger partial charge is 0.418 e. The molecule has 0 spiro atoms. The first-order valence-corrected chi connectivity index (χ1v) is 4.20. The standard InChI is InChI=1S/C9H5ClF3N/c10-6-3-5-1-2-14-8(5)7(4-6)9(11,12)13/h1-4,14H. The van der Waals surface area contributed by atoms with E-state index < -0.39 is 11.7 Å². The van der Waals surface area contributed by atoms with Crippen LogP contribution in [0.4, 0.5) is 13.2 Å². The highest BCUT2D eigenvalue weighted by Crippen LogP contribution is 2.36. The molecule has 2 aromatic rings. The fourth-order valence-corrected chi connectivity index (χ4v) is 1.59. The SMILES string of the molecule is FC(F)(F)c1cc(Cl)cc2cc[nH]c12. The van der Waals surface area contributed by atoms with E-state index in [0.717, 1.165) is 6.07 Å². The third-order valence-corrected chi connectivity index (χ3v) is 2.15. The van der Waals surface area contributed by atoms with Gasteiger partial charge in [-0.05, 0) is 18.2 Å². The Labute approximate surface area is 82.5 Å². The number of benzene rings is 1. The second-order valence-electron chi connectivity index (χ2n) is 2.89. The van der Waals surface area contributed by atoms with Crippen LogP contribution in [0.15, 0.2) is 24.4 Å². The Kier molecular flexibility index (Phi) is 1.96. The van der Waals surface area contributed by atoms with Gasteiger partial charge in [-0.1, -0.05) is 11.6 Å². The molecule has 14 heavy (non-hydrogen) atoms. The number of aromatic amines is 1. The molecule has 1 heterocycles. The van der Waals surface area contributed by atoms with Gasteiger partial charge in [0.1, 0.15) is 0 Å². The molecular weight excluding hydrogens is 215 g/mol. The Morgan fingerprint density at radius 1 is 1.21 bits per heavy atom. The molecule has 2 rings (SSSR count). The molecule has 0 fully saturated rings. The highest BCUT2D eigenvalue weighted by atomic mass is 35.5. The molecule has 0 unspecified atom stereocenters. The Hall–Kier alpha value is -1.16. The quantitative estimate of drug-likeness (QED) is 0.693. The average molecular weight is 220 g/mol. The predicted octanol–water partition coefficient (Wildman–Crippen LogP) is 3.84. The van der Waals surface area contributed by atoms with E-state index in [1.807, 2.05) is 0 Å². The third kappa shape index (κ3) is 1.46. The molecule has 0 aliphatic heterocycles. The number of fused-ring (bicyclic) bond motifs is 1. The first-order chi connectivity index (χ1) is 6.48. The highest BCUT2D eigenvalue weighted by molar-refractivity contribution is 6.31. The van der Waals surface area contributed by atoms with Crippen molar-refractivity contribution < 1.29 is 13.2 Å². The van der Waals surface area contributed by atoms with Crippen LogP contribution in [-0.2, 0) is 6.18 Å². The van der Waals surface area contributed by atoms with Crippen LogP contribution in [0.25, 0.3) is 10.9 Å². The first kappa shape index (κ1) is 9.40. The van der Waals surface area contributed by atoms with Crippen LogP contribution in [0, 0.1) is 0 Å². The molecule has 0 aliphatic rings. The molecule has 1 N–H and O–H groups in total. The lowest BCUT2D eigenvalue weighted by Gasteiger charge is -2.08. The second-order valence-corrected chi connectivity index (χ2v) is 3.33. The second kappa shape index (κ2) is 2.92.